The van der Waals surface area contributed by atoms with Gasteiger partial charge in [0.1, 0.15) is 12.6 Å². The Hall–Kier alpha value is -3.65. The minimum Gasteiger partial charge on any atom is -0.354 e. The monoisotopic (exact) mass is 655 g/mol. The lowest BCUT2D eigenvalue weighted by Gasteiger charge is -2.57. The molecule has 4 saturated carbocycles. The number of hydrogen-bond donors (Lipinski definition) is 1. The third kappa shape index (κ3) is 7.75. The van der Waals surface area contributed by atoms with Crippen molar-refractivity contribution in [3.8, 4) is 0 Å². The fourth-order valence-electron chi connectivity index (χ4n) is 8.90. The Morgan fingerprint density at radius 3 is 1.91 bits per heavy atom. The molecular weight excluding hydrogens is 607 g/mol. The molecule has 0 unspecified atom stereocenters. The van der Waals surface area contributed by atoms with Crippen LogP contribution in [0.1, 0.15) is 75.0 Å². The normalized spacial score (nSPS) is 23.7. The largest absolute Gasteiger partial charge is 0.354 e. The Kier molecular flexibility index (Phi) is 10.1. The van der Waals surface area contributed by atoms with Crippen LogP contribution in [-0.4, -0.2) is 50.5 Å². The molecule has 0 aliphatic heterocycles. The molecule has 250 valence electrons. The van der Waals surface area contributed by atoms with Crippen LogP contribution in [0.25, 0.3) is 0 Å². The van der Waals surface area contributed by atoms with Crippen molar-refractivity contribution >= 4 is 27.5 Å². The number of nitrogens with one attached hydrogen (secondary N) is 1. The maximum atomic E-state index is 14.4. The molecule has 4 bridgehead atoms. The van der Waals surface area contributed by atoms with Crippen LogP contribution >= 0.6 is 0 Å². The molecule has 0 radical (unpaired) electrons. The molecule has 0 saturated heterocycles. The van der Waals surface area contributed by atoms with E-state index in [1.807, 2.05) is 72.8 Å². The summed E-state index contributed by atoms with van der Waals surface area (Å²) in [4.78, 5) is 29.7. The van der Waals surface area contributed by atoms with Gasteiger partial charge in [0.25, 0.3) is 0 Å². The van der Waals surface area contributed by atoms with E-state index < -0.39 is 28.5 Å². The highest BCUT2D eigenvalue weighted by molar-refractivity contribution is 7.92. The number of nitrogens with zero attached hydrogens (tertiary/aromatic N) is 2. The van der Waals surface area contributed by atoms with Gasteiger partial charge in [-0.3, -0.25) is 13.9 Å². The topological polar surface area (TPSA) is 86.8 Å². The Labute approximate surface area is 280 Å². The third-order valence-electron chi connectivity index (χ3n) is 10.8. The molecule has 0 heterocycles. The summed E-state index contributed by atoms with van der Waals surface area (Å²) in [7, 11) is -3.81. The average Bonchev–Trinajstić information content (AvgIpc) is 3.05. The Morgan fingerprint density at radius 2 is 1.38 bits per heavy atom. The third-order valence-corrected chi connectivity index (χ3v) is 11.9. The molecule has 4 aliphatic carbocycles. The standard InChI is InChI=1S/C39H49N3O4S/c1-3-4-19-40-38(44)36(23-29-11-7-5-8-12-29)41(27-30-13-9-6-10-14-30)37(43)28-42(47(2,45)46)35-17-15-34(16-18-35)39-24-31-20-32(25-39)22-33(21-31)26-39/h5-18,31-33,36H,3-4,19-28H2,1-2H3,(H,40,44)/t31?,32?,33?,36-,39?/m0/s1. The molecule has 3 aromatic carbocycles. The van der Waals surface area contributed by atoms with Crippen molar-refractivity contribution in [3.63, 3.8) is 0 Å². The van der Waals surface area contributed by atoms with E-state index in [0.29, 0.717) is 18.7 Å². The Morgan fingerprint density at radius 1 is 0.830 bits per heavy atom. The minimum absolute atomic E-state index is 0.181. The highest BCUT2D eigenvalue weighted by Crippen LogP contribution is 2.60. The van der Waals surface area contributed by atoms with Gasteiger partial charge in [0.05, 0.1) is 11.9 Å². The Bertz CT molecular complexity index is 1590. The Balaban J connectivity index is 1.28. The summed E-state index contributed by atoms with van der Waals surface area (Å²) < 4.78 is 27.8. The van der Waals surface area contributed by atoms with E-state index in [0.717, 1.165) is 48.0 Å². The van der Waals surface area contributed by atoms with Crippen LogP contribution in [0.15, 0.2) is 84.9 Å². The number of anilines is 1. The first kappa shape index (κ1) is 33.3. The van der Waals surface area contributed by atoms with E-state index in [9.17, 15) is 18.0 Å². The van der Waals surface area contributed by atoms with Gasteiger partial charge in [-0.1, -0.05) is 86.1 Å². The highest BCUT2D eigenvalue weighted by atomic mass is 32.2. The van der Waals surface area contributed by atoms with Gasteiger partial charge in [0.15, 0.2) is 0 Å². The first-order valence-electron chi connectivity index (χ1n) is 17.4. The fraction of sp³-hybridized carbons (Fsp3) is 0.487. The van der Waals surface area contributed by atoms with Gasteiger partial charge in [-0.25, -0.2) is 8.42 Å². The second-order valence-electron chi connectivity index (χ2n) is 14.4. The molecule has 1 atom stereocenters. The van der Waals surface area contributed by atoms with Crippen LogP contribution < -0.4 is 9.62 Å². The van der Waals surface area contributed by atoms with Crippen molar-refractivity contribution in [3.05, 3.63) is 102 Å². The lowest BCUT2D eigenvalue weighted by molar-refractivity contribution is -0.140. The van der Waals surface area contributed by atoms with Crippen molar-refractivity contribution in [1.29, 1.82) is 0 Å². The van der Waals surface area contributed by atoms with Crippen molar-refractivity contribution in [2.45, 2.75) is 82.7 Å². The number of sulfonamides is 1. The van der Waals surface area contributed by atoms with E-state index in [1.165, 1.54) is 48.4 Å². The van der Waals surface area contributed by atoms with Crippen LogP contribution in [-0.2, 0) is 38.0 Å². The summed E-state index contributed by atoms with van der Waals surface area (Å²) in [5, 5.41) is 3.04. The zero-order valence-corrected chi connectivity index (χ0v) is 28.6. The number of unbranched alkanes of at least 4 members (excludes halogenated alkanes) is 1. The van der Waals surface area contributed by atoms with Crippen LogP contribution in [0, 0.1) is 17.8 Å². The lowest BCUT2D eigenvalue weighted by atomic mass is 9.48. The molecule has 0 aromatic heterocycles. The number of hydrogen-bond acceptors (Lipinski definition) is 4. The van der Waals surface area contributed by atoms with E-state index in [2.05, 4.69) is 24.4 Å². The number of carbonyl (C=O) groups excluding carboxylic acids is 2. The molecule has 0 spiro atoms. The summed E-state index contributed by atoms with van der Waals surface area (Å²) in [6, 6.07) is 26.4. The molecule has 47 heavy (non-hydrogen) atoms. The molecule has 7 rings (SSSR count). The number of carbonyl (C=O) groups is 2. The van der Waals surface area contributed by atoms with Crippen LogP contribution in [0.3, 0.4) is 0 Å². The molecule has 4 aliphatic rings. The molecule has 2 amide bonds. The fourth-order valence-corrected chi connectivity index (χ4v) is 9.75. The van der Waals surface area contributed by atoms with Gasteiger partial charge >= 0.3 is 0 Å². The van der Waals surface area contributed by atoms with Crippen molar-refractivity contribution in [2.75, 3.05) is 23.7 Å². The second-order valence-corrected chi connectivity index (χ2v) is 16.3. The molecular formula is C39H49N3O4S. The van der Waals surface area contributed by atoms with E-state index in [4.69, 9.17) is 0 Å². The predicted molar refractivity (Wildman–Crippen MR) is 187 cm³/mol. The summed E-state index contributed by atoms with van der Waals surface area (Å²) in [5.41, 5.74) is 3.76. The summed E-state index contributed by atoms with van der Waals surface area (Å²) in [6.45, 7) is 2.37. The van der Waals surface area contributed by atoms with Crippen LogP contribution in [0.5, 0.6) is 0 Å². The quantitative estimate of drug-likeness (QED) is 0.202. The maximum Gasteiger partial charge on any atom is 0.244 e. The smallest absolute Gasteiger partial charge is 0.244 e. The SMILES string of the molecule is CCCCNC(=O)[C@H](Cc1ccccc1)N(Cc1ccccc1)C(=O)CN(c1ccc(C23CC4CC(CC(C4)C2)C3)cc1)S(C)(=O)=O. The van der Waals surface area contributed by atoms with Crippen LogP contribution in [0.2, 0.25) is 0 Å². The zero-order chi connectivity index (χ0) is 33.0. The molecule has 4 fully saturated rings. The van der Waals surface area contributed by atoms with Gasteiger partial charge in [-0.05, 0) is 96.9 Å². The second kappa shape index (κ2) is 14.2. The van der Waals surface area contributed by atoms with E-state index in [1.54, 1.807) is 4.90 Å². The molecule has 3 aromatic rings. The van der Waals surface area contributed by atoms with Crippen LogP contribution in [0.4, 0.5) is 5.69 Å². The summed E-state index contributed by atoms with van der Waals surface area (Å²) >= 11 is 0. The van der Waals surface area contributed by atoms with Gasteiger partial charge in [-0.2, -0.15) is 0 Å². The first-order valence-corrected chi connectivity index (χ1v) is 19.2. The zero-order valence-electron chi connectivity index (χ0n) is 27.8. The average molecular weight is 656 g/mol. The number of benzene rings is 3. The highest BCUT2D eigenvalue weighted by Gasteiger charge is 2.51. The van der Waals surface area contributed by atoms with Gasteiger partial charge < -0.3 is 10.2 Å². The number of rotatable bonds is 14. The maximum absolute atomic E-state index is 14.4. The van der Waals surface area contributed by atoms with E-state index >= 15 is 0 Å². The lowest BCUT2D eigenvalue weighted by Crippen LogP contribution is -2.53. The predicted octanol–water partition coefficient (Wildman–Crippen LogP) is 6.48. The molecule has 1 N–H and O–H groups in total. The van der Waals surface area contributed by atoms with Crippen molar-refractivity contribution in [2.24, 2.45) is 17.8 Å². The summed E-state index contributed by atoms with van der Waals surface area (Å²) in [6.07, 6.45) is 11.0. The summed E-state index contributed by atoms with van der Waals surface area (Å²) in [5.74, 6) is 1.77. The molecule has 7 nitrogen and oxygen atoms in total. The first-order chi connectivity index (χ1) is 22.6. The van der Waals surface area contributed by atoms with Gasteiger partial charge in [0, 0.05) is 19.5 Å². The van der Waals surface area contributed by atoms with Crippen molar-refractivity contribution < 1.29 is 18.0 Å². The van der Waals surface area contributed by atoms with Gasteiger partial charge in [-0.15, -0.1) is 0 Å². The van der Waals surface area contributed by atoms with Crippen molar-refractivity contribution in [1.82, 2.24) is 10.2 Å². The van der Waals surface area contributed by atoms with E-state index in [-0.39, 0.29) is 17.9 Å². The van der Waals surface area contributed by atoms with Gasteiger partial charge in [0.2, 0.25) is 21.8 Å². The molecule has 8 heteroatoms. The minimum atomic E-state index is -3.81. The number of amides is 2.